The molecule has 0 aliphatic carbocycles. The zero-order chi connectivity index (χ0) is 8.11. The molecule has 0 amide bonds. The second-order valence-electron chi connectivity index (χ2n) is 3.87. The van der Waals surface area contributed by atoms with Crippen LogP contribution in [0.3, 0.4) is 0 Å². The summed E-state index contributed by atoms with van der Waals surface area (Å²) in [6.45, 7) is 6.09. The number of fused-ring (bicyclic) bond motifs is 2. The van der Waals surface area contributed by atoms with Gasteiger partial charge in [0.1, 0.15) is 0 Å². The van der Waals surface area contributed by atoms with Crippen LogP contribution in [0, 0.1) is 5.92 Å². The van der Waals surface area contributed by atoms with Crippen LogP contribution in [0.2, 0.25) is 0 Å². The fourth-order valence-corrected chi connectivity index (χ4v) is 1.65. The summed E-state index contributed by atoms with van der Waals surface area (Å²) in [7, 11) is 0. The van der Waals surface area contributed by atoms with Gasteiger partial charge in [0.05, 0.1) is 0 Å². The molecule has 64 valence electrons. The molecular formula is C8H14O3. The van der Waals surface area contributed by atoms with Crippen LogP contribution in [-0.2, 0) is 14.5 Å². The van der Waals surface area contributed by atoms with Gasteiger partial charge in [0.15, 0.2) is 0 Å². The number of ether oxygens (including phenoxy) is 1. The molecule has 11 heavy (non-hydrogen) atoms. The van der Waals surface area contributed by atoms with Crippen LogP contribution < -0.4 is 0 Å². The SMILES string of the molecule is CC(C)C12CCC(C)(OO1)O2. The Hall–Kier alpha value is -0.120. The van der Waals surface area contributed by atoms with Crippen molar-refractivity contribution in [3.8, 4) is 0 Å². The summed E-state index contributed by atoms with van der Waals surface area (Å²) in [6.07, 6.45) is 1.88. The molecule has 0 aromatic carbocycles. The maximum absolute atomic E-state index is 5.66. The van der Waals surface area contributed by atoms with Gasteiger partial charge in [0, 0.05) is 18.8 Å². The van der Waals surface area contributed by atoms with Gasteiger partial charge in [-0.05, 0) is 6.92 Å². The Morgan fingerprint density at radius 2 is 1.91 bits per heavy atom. The molecule has 2 fully saturated rings. The summed E-state index contributed by atoms with van der Waals surface area (Å²) in [5, 5.41) is 0. The summed E-state index contributed by atoms with van der Waals surface area (Å²) in [6, 6.07) is 0. The molecule has 0 aromatic heterocycles. The first-order valence-corrected chi connectivity index (χ1v) is 4.13. The van der Waals surface area contributed by atoms with E-state index in [-0.39, 0.29) is 0 Å². The van der Waals surface area contributed by atoms with E-state index in [1.165, 1.54) is 0 Å². The van der Waals surface area contributed by atoms with Crippen LogP contribution in [0.4, 0.5) is 0 Å². The van der Waals surface area contributed by atoms with Crippen molar-refractivity contribution in [1.29, 1.82) is 0 Å². The van der Waals surface area contributed by atoms with Gasteiger partial charge in [-0.2, -0.15) is 9.78 Å². The largest absolute Gasteiger partial charge is 0.312 e. The lowest BCUT2D eigenvalue weighted by molar-refractivity contribution is -0.377. The molecule has 3 nitrogen and oxygen atoms in total. The highest BCUT2D eigenvalue weighted by atomic mass is 17.3. The van der Waals surface area contributed by atoms with Crippen LogP contribution >= 0.6 is 0 Å². The van der Waals surface area contributed by atoms with E-state index < -0.39 is 11.6 Å². The number of rotatable bonds is 1. The quantitative estimate of drug-likeness (QED) is 0.545. The van der Waals surface area contributed by atoms with Crippen molar-refractivity contribution in [3.05, 3.63) is 0 Å². The van der Waals surface area contributed by atoms with Crippen LogP contribution in [0.5, 0.6) is 0 Å². The second-order valence-corrected chi connectivity index (χ2v) is 3.87. The van der Waals surface area contributed by atoms with E-state index in [2.05, 4.69) is 13.8 Å². The molecule has 0 spiro atoms. The molecule has 3 heteroatoms. The molecule has 2 heterocycles. The summed E-state index contributed by atoms with van der Waals surface area (Å²) < 4.78 is 5.66. The fourth-order valence-electron chi connectivity index (χ4n) is 1.65. The van der Waals surface area contributed by atoms with E-state index in [1.807, 2.05) is 6.92 Å². The van der Waals surface area contributed by atoms with E-state index in [4.69, 9.17) is 14.5 Å². The van der Waals surface area contributed by atoms with Gasteiger partial charge in [0.25, 0.3) is 0 Å². The molecule has 2 unspecified atom stereocenters. The molecule has 2 saturated heterocycles. The number of hydrogen-bond donors (Lipinski definition) is 0. The van der Waals surface area contributed by atoms with E-state index in [0.717, 1.165) is 12.8 Å². The standard InChI is InChI=1S/C8H14O3/c1-6(2)8-5-4-7(3,9-8)10-11-8/h6H,4-5H2,1-3H3. The van der Waals surface area contributed by atoms with Crippen molar-refractivity contribution in [2.45, 2.75) is 45.2 Å². The Balaban J connectivity index is 2.20. The van der Waals surface area contributed by atoms with Crippen molar-refractivity contribution in [2.24, 2.45) is 5.92 Å². The van der Waals surface area contributed by atoms with Crippen molar-refractivity contribution in [3.63, 3.8) is 0 Å². The van der Waals surface area contributed by atoms with Gasteiger partial charge in [-0.25, -0.2) is 0 Å². The lowest BCUT2D eigenvalue weighted by Gasteiger charge is -2.25. The van der Waals surface area contributed by atoms with Gasteiger partial charge in [-0.15, -0.1) is 0 Å². The summed E-state index contributed by atoms with van der Waals surface area (Å²) in [5.74, 6) is -0.564. The predicted molar refractivity (Wildman–Crippen MR) is 38.5 cm³/mol. The smallest absolute Gasteiger partial charge is 0.207 e. The Labute approximate surface area is 66.6 Å². The van der Waals surface area contributed by atoms with E-state index in [9.17, 15) is 0 Å². The van der Waals surface area contributed by atoms with Crippen molar-refractivity contribution < 1.29 is 14.5 Å². The molecule has 2 rings (SSSR count). The highest BCUT2D eigenvalue weighted by Crippen LogP contribution is 2.49. The molecule has 0 saturated carbocycles. The maximum atomic E-state index is 5.66. The molecule has 0 radical (unpaired) electrons. The Morgan fingerprint density at radius 3 is 2.09 bits per heavy atom. The predicted octanol–water partition coefficient (Wildman–Crippen LogP) is 1.83. The van der Waals surface area contributed by atoms with E-state index in [0.29, 0.717) is 5.92 Å². The molecule has 2 aliphatic rings. The second kappa shape index (κ2) is 1.97. The first kappa shape index (κ1) is 7.53. The van der Waals surface area contributed by atoms with Crippen LogP contribution in [-0.4, -0.2) is 11.6 Å². The minimum absolute atomic E-state index is 0.354. The van der Waals surface area contributed by atoms with Crippen molar-refractivity contribution in [1.82, 2.24) is 0 Å². The summed E-state index contributed by atoms with van der Waals surface area (Å²) in [4.78, 5) is 10.3. The van der Waals surface area contributed by atoms with Gasteiger partial charge >= 0.3 is 0 Å². The number of hydrogen-bond acceptors (Lipinski definition) is 3. The maximum Gasteiger partial charge on any atom is 0.207 e. The molecule has 2 bridgehead atoms. The average molecular weight is 158 g/mol. The lowest BCUT2D eigenvalue weighted by atomic mass is 9.99. The average Bonchev–Trinajstić information content (AvgIpc) is 2.42. The van der Waals surface area contributed by atoms with Crippen LogP contribution in [0.15, 0.2) is 0 Å². The minimum atomic E-state index is -0.468. The van der Waals surface area contributed by atoms with Gasteiger partial charge in [0.2, 0.25) is 11.6 Å². The van der Waals surface area contributed by atoms with Crippen LogP contribution in [0.25, 0.3) is 0 Å². The zero-order valence-electron chi connectivity index (χ0n) is 7.22. The summed E-state index contributed by atoms with van der Waals surface area (Å²) >= 11 is 0. The van der Waals surface area contributed by atoms with Crippen molar-refractivity contribution in [2.75, 3.05) is 0 Å². The lowest BCUT2D eigenvalue weighted by Crippen LogP contribution is -2.33. The minimum Gasteiger partial charge on any atom is -0.312 e. The highest BCUT2D eigenvalue weighted by Gasteiger charge is 2.58. The Morgan fingerprint density at radius 1 is 1.18 bits per heavy atom. The molecule has 2 atom stereocenters. The first-order chi connectivity index (χ1) is 5.06. The van der Waals surface area contributed by atoms with Crippen LogP contribution in [0.1, 0.15) is 33.6 Å². The van der Waals surface area contributed by atoms with Crippen molar-refractivity contribution >= 4 is 0 Å². The van der Waals surface area contributed by atoms with E-state index in [1.54, 1.807) is 0 Å². The first-order valence-electron chi connectivity index (χ1n) is 4.13. The molecule has 2 aliphatic heterocycles. The Bertz CT molecular complexity index is 168. The zero-order valence-corrected chi connectivity index (χ0v) is 7.22. The normalized spacial score (nSPS) is 49.1. The topological polar surface area (TPSA) is 27.7 Å². The summed E-state index contributed by atoms with van der Waals surface area (Å²) in [5.41, 5.74) is 0. The fraction of sp³-hybridized carbons (Fsp3) is 1.00. The van der Waals surface area contributed by atoms with Gasteiger partial charge in [-0.1, -0.05) is 13.8 Å². The third-order valence-electron chi connectivity index (χ3n) is 2.55. The molecular weight excluding hydrogens is 144 g/mol. The Kier molecular flexibility index (Phi) is 1.35. The van der Waals surface area contributed by atoms with E-state index >= 15 is 0 Å². The van der Waals surface area contributed by atoms with Gasteiger partial charge < -0.3 is 4.74 Å². The molecule has 0 N–H and O–H groups in total. The third-order valence-corrected chi connectivity index (χ3v) is 2.55. The third kappa shape index (κ3) is 0.916. The highest BCUT2D eigenvalue weighted by molar-refractivity contribution is 4.88. The van der Waals surface area contributed by atoms with Gasteiger partial charge in [-0.3, -0.25) is 0 Å². The monoisotopic (exact) mass is 158 g/mol. The molecule has 0 aromatic rings.